The predicted molar refractivity (Wildman–Crippen MR) is 111 cm³/mol. The third-order valence-electron chi connectivity index (χ3n) is 5.25. The quantitative estimate of drug-likeness (QED) is 0.636. The lowest BCUT2D eigenvalue weighted by Gasteiger charge is -2.33. The molecule has 0 saturated carbocycles. The van der Waals surface area contributed by atoms with E-state index in [0.29, 0.717) is 43.3 Å². The number of hydrogen-bond acceptors (Lipinski definition) is 5. The average Bonchev–Trinajstić information content (AvgIpc) is 3.03. The van der Waals surface area contributed by atoms with Crippen molar-refractivity contribution >= 4 is 32.7 Å². The minimum Gasteiger partial charge on any atom is -0.330 e. The van der Waals surface area contributed by atoms with Crippen molar-refractivity contribution in [1.29, 1.82) is 5.26 Å². The average molecular weight is 430 g/mol. The fourth-order valence-electron chi connectivity index (χ4n) is 3.54. The topological polar surface area (TPSA) is 82.2 Å². The van der Waals surface area contributed by atoms with Gasteiger partial charge in [-0.2, -0.15) is 9.57 Å². The van der Waals surface area contributed by atoms with Crippen LogP contribution >= 0.6 is 11.6 Å². The summed E-state index contributed by atoms with van der Waals surface area (Å²) in [5.74, 6) is 0.922. The SMILES string of the molecule is Cn1c(CN2CCN(S(=O)(=O)c3ccc(C#N)cc3)CC2)nc2cc(Cl)ccc21. The van der Waals surface area contributed by atoms with Crippen LogP contribution in [0.5, 0.6) is 0 Å². The molecule has 1 aliphatic rings. The molecule has 2 aromatic carbocycles. The summed E-state index contributed by atoms with van der Waals surface area (Å²) in [5.41, 5.74) is 2.32. The lowest BCUT2D eigenvalue weighted by molar-refractivity contribution is 0.177. The molecule has 0 unspecified atom stereocenters. The second-order valence-electron chi connectivity index (χ2n) is 7.04. The van der Waals surface area contributed by atoms with Crippen molar-refractivity contribution in [3.05, 3.63) is 58.9 Å². The number of halogens is 1. The van der Waals surface area contributed by atoms with Crippen LogP contribution in [-0.4, -0.2) is 53.4 Å². The molecule has 7 nitrogen and oxygen atoms in total. The molecule has 9 heteroatoms. The normalized spacial score (nSPS) is 16.2. The molecule has 1 saturated heterocycles. The van der Waals surface area contributed by atoms with E-state index in [4.69, 9.17) is 16.9 Å². The Labute approximate surface area is 174 Å². The van der Waals surface area contributed by atoms with E-state index in [-0.39, 0.29) is 4.90 Å². The fraction of sp³-hybridized carbons (Fsp3) is 0.300. The van der Waals surface area contributed by atoms with Crippen LogP contribution in [0.25, 0.3) is 11.0 Å². The molecule has 1 fully saturated rings. The molecule has 2 heterocycles. The molecule has 1 aliphatic heterocycles. The minimum atomic E-state index is -3.55. The molecular formula is C20H20ClN5O2S. The number of aromatic nitrogens is 2. The van der Waals surface area contributed by atoms with Crippen molar-refractivity contribution in [2.45, 2.75) is 11.4 Å². The first kappa shape index (κ1) is 19.9. The Morgan fingerprint density at radius 2 is 1.79 bits per heavy atom. The summed E-state index contributed by atoms with van der Waals surface area (Å²) < 4.78 is 29.2. The van der Waals surface area contributed by atoms with Crippen molar-refractivity contribution in [3.63, 3.8) is 0 Å². The summed E-state index contributed by atoms with van der Waals surface area (Å²) in [6, 6.07) is 13.7. The number of aryl methyl sites for hydroxylation is 1. The smallest absolute Gasteiger partial charge is 0.243 e. The number of hydrogen-bond donors (Lipinski definition) is 0. The molecule has 0 aliphatic carbocycles. The number of imidazole rings is 1. The minimum absolute atomic E-state index is 0.220. The Hall–Kier alpha value is -2.44. The summed E-state index contributed by atoms with van der Waals surface area (Å²) in [7, 11) is -1.58. The van der Waals surface area contributed by atoms with Crippen LogP contribution in [0.1, 0.15) is 11.4 Å². The van der Waals surface area contributed by atoms with Gasteiger partial charge in [0, 0.05) is 38.2 Å². The first-order valence-corrected chi connectivity index (χ1v) is 11.0. The van der Waals surface area contributed by atoms with Crippen molar-refractivity contribution in [1.82, 2.24) is 18.8 Å². The highest BCUT2D eigenvalue weighted by atomic mass is 35.5. The zero-order valence-corrected chi connectivity index (χ0v) is 17.5. The fourth-order valence-corrected chi connectivity index (χ4v) is 5.13. The standard InChI is InChI=1S/C20H20ClN5O2S/c1-24-19-7-4-16(21)12-18(19)23-20(24)14-25-8-10-26(11-9-25)29(27,28)17-5-2-15(13-22)3-6-17/h2-7,12H,8-11,14H2,1H3. The largest absolute Gasteiger partial charge is 0.330 e. The Morgan fingerprint density at radius 3 is 2.45 bits per heavy atom. The third-order valence-corrected chi connectivity index (χ3v) is 7.40. The zero-order chi connectivity index (χ0) is 20.6. The maximum Gasteiger partial charge on any atom is 0.243 e. The van der Waals surface area contributed by atoms with Gasteiger partial charge in [-0.3, -0.25) is 4.90 Å². The number of nitriles is 1. The molecule has 0 atom stereocenters. The molecule has 0 N–H and O–H groups in total. The Kier molecular flexibility index (Phi) is 5.32. The highest BCUT2D eigenvalue weighted by molar-refractivity contribution is 7.89. The summed E-state index contributed by atoms with van der Waals surface area (Å²) in [6.45, 7) is 2.72. The maximum absolute atomic E-state index is 12.9. The predicted octanol–water partition coefficient (Wildman–Crippen LogP) is 2.60. The molecule has 1 aromatic heterocycles. The van der Waals surface area contributed by atoms with Crippen molar-refractivity contribution in [2.24, 2.45) is 7.05 Å². The van der Waals surface area contributed by atoms with Crippen LogP contribution in [0, 0.1) is 11.3 Å². The molecule has 4 rings (SSSR count). The number of rotatable bonds is 4. The molecule has 0 spiro atoms. The number of piperazine rings is 1. The van der Waals surface area contributed by atoms with Gasteiger partial charge in [0.05, 0.1) is 34.1 Å². The van der Waals surface area contributed by atoms with Crippen LogP contribution in [0.4, 0.5) is 0 Å². The highest BCUT2D eigenvalue weighted by Gasteiger charge is 2.29. The number of fused-ring (bicyclic) bond motifs is 1. The number of nitrogens with zero attached hydrogens (tertiary/aromatic N) is 5. The number of sulfonamides is 1. The Morgan fingerprint density at radius 1 is 1.10 bits per heavy atom. The van der Waals surface area contributed by atoms with Gasteiger partial charge in [0.2, 0.25) is 10.0 Å². The van der Waals surface area contributed by atoms with E-state index in [2.05, 4.69) is 9.88 Å². The van der Waals surface area contributed by atoms with Gasteiger partial charge in [0.25, 0.3) is 0 Å². The van der Waals surface area contributed by atoms with E-state index < -0.39 is 10.0 Å². The molecule has 0 bridgehead atoms. The molecule has 29 heavy (non-hydrogen) atoms. The molecule has 0 amide bonds. The molecular weight excluding hydrogens is 410 g/mol. The third kappa shape index (κ3) is 3.87. The summed E-state index contributed by atoms with van der Waals surface area (Å²) in [4.78, 5) is 7.10. The van der Waals surface area contributed by atoms with E-state index in [1.165, 1.54) is 28.6 Å². The van der Waals surface area contributed by atoms with Gasteiger partial charge < -0.3 is 4.57 Å². The first-order chi connectivity index (χ1) is 13.9. The van der Waals surface area contributed by atoms with Gasteiger partial charge in [0.1, 0.15) is 5.82 Å². The van der Waals surface area contributed by atoms with E-state index in [9.17, 15) is 8.42 Å². The second-order valence-corrected chi connectivity index (χ2v) is 9.41. The van der Waals surface area contributed by atoms with Gasteiger partial charge in [-0.05, 0) is 42.5 Å². The van der Waals surface area contributed by atoms with E-state index in [1.54, 1.807) is 0 Å². The Balaban J connectivity index is 1.44. The van der Waals surface area contributed by atoms with Gasteiger partial charge >= 0.3 is 0 Å². The van der Waals surface area contributed by atoms with Gasteiger partial charge in [0.15, 0.2) is 0 Å². The van der Waals surface area contributed by atoms with E-state index in [1.807, 2.05) is 35.9 Å². The van der Waals surface area contributed by atoms with Gasteiger partial charge in [-0.1, -0.05) is 11.6 Å². The molecule has 3 aromatic rings. The molecule has 150 valence electrons. The van der Waals surface area contributed by atoms with E-state index >= 15 is 0 Å². The van der Waals surface area contributed by atoms with Crippen LogP contribution in [-0.2, 0) is 23.6 Å². The summed E-state index contributed by atoms with van der Waals surface area (Å²) in [5, 5.41) is 9.54. The summed E-state index contributed by atoms with van der Waals surface area (Å²) >= 11 is 6.06. The van der Waals surface area contributed by atoms with Crippen LogP contribution in [0.2, 0.25) is 5.02 Å². The lowest BCUT2D eigenvalue weighted by atomic mass is 10.2. The maximum atomic E-state index is 12.9. The van der Waals surface area contributed by atoms with Crippen molar-refractivity contribution < 1.29 is 8.42 Å². The highest BCUT2D eigenvalue weighted by Crippen LogP contribution is 2.22. The summed E-state index contributed by atoms with van der Waals surface area (Å²) in [6.07, 6.45) is 0. The monoisotopic (exact) mass is 429 g/mol. The Bertz CT molecular complexity index is 1190. The van der Waals surface area contributed by atoms with Crippen molar-refractivity contribution in [3.8, 4) is 6.07 Å². The molecule has 0 radical (unpaired) electrons. The first-order valence-electron chi connectivity index (χ1n) is 9.22. The lowest BCUT2D eigenvalue weighted by Crippen LogP contribution is -2.48. The van der Waals surface area contributed by atoms with Crippen LogP contribution < -0.4 is 0 Å². The van der Waals surface area contributed by atoms with Gasteiger partial charge in [-0.15, -0.1) is 0 Å². The van der Waals surface area contributed by atoms with E-state index in [0.717, 1.165) is 16.9 Å². The van der Waals surface area contributed by atoms with Crippen molar-refractivity contribution in [2.75, 3.05) is 26.2 Å². The van der Waals surface area contributed by atoms with Crippen LogP contribution in [0.3, 0.4) is 0 Å². The second kappa shape index (κ2) is 7.76. The van der Waals surface area contributed by atoms with Gasteiger partial charge in [-0.25, -0.2) is 13.4 Å². The zero-order valence-electron chi connectivity index (χ0n) is 15.9. The number of benzene rings is 2. The van der Waals surface area contributed by atoms with Crippen LogP contribution in [0.15, 0.2) is 47.4 Å².